The number of carbonyl (C=O) groups is 1. The van der Waals surface area contributed by atoms with Gasteiger partial charge in [0.1, 0.15) is 12.0 Å². The molecule has 0 bridgehead atoms. The first-order valence-corrected chi connectivity index (χ1v) is 11.8. The molecule has 2 aliphatic heterocycles. The lowest BCUT2D eigenvalue weighted by Crippen LogP contribution is -2.40. The molecule has 8 nitrogen and oxygen atoms in total. The summed E-state index contributed by atoms with van der Waals surface area (Å²) in [6.07, 6.45) is 1.67. The number of amides is 1. The molecule has 1 atom stereocenters. The van der Waals surface area contributed by atoms with E-state index in [1.165, 1.54) is 17.2 Å². The van der Waals surface area contributed by atoms with E-state index < -0.39 is 9.84 Å². The molecule has 1 unspecified atom stereocenters. The number of hydrogen-bond donors (Lipinski definition) is 0. The van der Waals surface area contributed by atoms with E-state index in [2.05, 4.69) is 4.90 Å². The van der Waals surface area contributed by atoms with Gasteiger partial charge in [0.2, 0.25) is 11.2 Å². The second-order valence-electron chi connectivity index (χ2n) is 6.81. The summed E-state index contributed by atoms with van der Waals surface area (Å²) in [5, 5.41) is 0. The van der Waals surface area contributed by atoms with Crippen LogP contribution in [0, 0.1) is 0 Å². The Labute approximate surface area is 162 Å². The molecule has 1 aromatic rings. The summed E-state index contributed by atoms with van der Waals surface area (Å²) in [6, 6.07) is 1.06. The van der Waals surface area contributed by atoms with Gasteiger partial charge in [0.05, 0.1) is 18.1 Å². The quantitative estimate of drug-likeness (QED) is 0.649. The molecule has 0 N–H and O–H groups in total. The van der Waals surface area contributed by atoms with Gasteiger partial charge in [0.15, 0.2) is 16.4 Å². The fourth-order valence-corrected chi connectivity index (χ4v) is 5.89. The lowest BCUT2D eigenvalue weighted by molar-refractivity contribution is -0.133. The van der Waals surface area contributed by atoms with E-state index >= 15 is 0 Å². The van der Waals surface area contributed by atoms with Crippen molar-refractivity contribution in [2.45, 2.75) is 19.0 Å². The van der Waals surface area contributed by atoms with Crippen LogP contribution in [0.15, 0.2) is 21.5 Å². The van der Waals surface area contributed by atoms with E-state index in [4.69, 9.17) is 9.15 Å². The fraction of sp³-hybridized carbons (Fsp3) is 0.647. The average Bonchev–Trinajstić information content (AvgIpc) is 3.01. The molecule has 150 valence electrons. The third-order valence-corrected chi connectivity index (χ3v) is 7.53. The first kappa shape index (κ1) is 20.2. The molecule has 10 heteroatoms. The summed E-state index contributed by atoms with van der Waals surface area (Å²) >= 11 is 1.91. The molecule has 3 rings (SSSR count). The van der Waals surface area contributed by atoms with Gasteiger partial charge in [-0.15, -0.1) is 0 Å². The second-order valence-corrected chi connectivity index (χ2v) is 10.3. The van der Waals surface area contributed by atoms with Crippen molar-refractivity contribution in [1.29, 1.82) is 0 Å². The van der Waals surface area contributed by atoms with Gasteiger partial charge in [0, 0.05) is 43.8 Å². The largest absolute Gasteiger partial charge is 0.477 e. The van der Waals surface area contributed by atoms with Gasteiger partial charge in [-0.2, -0.15) is 11.8 Å². The topological polar surface area (TPSA) is 97.1 Å². The first-order chi connectivity index (χ1) is 12.8. The van der Waals surface area contributed by atoms with E-state index in [0.717, 1.165) is 24.6 Å². The Balaban J connectivity index is 1.53. The van der Waals surface area contributed by atoms with Crippen molar-refractivity contribution in [3.05, 3.63) is 28.3 Å². The van der Waals surface area contributed by atoms with Crippen LogP contribution >= 0.6 is 11.8 Å². The highest BCUT2D eigenvalue weighted by atomic mass is 32.2. The molecular formula is C17H24N2O6S2. The summed E-state index contributed by atoms with van der Waals surface area (Å²) in [4.78, 5) is 28.0. The maximum absolute atomic E-state index is 12.2. The van der Waals surface area contributed by atoms with Crippen molar-refractivity contribution >= 4 is 27.5 Å². The van der Waals surface area contributed by atoms with E-state index in [1.807, 2.05) is 11.8 Å². The average molecular weight is 417 g/mol. The van der Waals surface area contributed by atoms with Gasteiger partial charge in [-0.1, -0.05) is 0 Å². The monoisotopic (exact) mass is 416 g/mol. The maximum Gasteiger partial charge on any atom is 0.260 e. The van der Waals surface area contributed by atoms with Gasteiger partial charge >= 0.3 is 0 Å². The molecular weight excluding hydrogens is 392 g/mol. The van der Waals surface area contributed by atoms with Crippen molar-refractivity contribution in [3.63, 3.8) is 0 Å². The molecule has 2 fully saturated rings. The zero-order valence-electron chi connectivity index (χ0n) is 15.3. The Morgan fingerprint density at radius 3 is 2.78 bits per heavy atom. The molecule has 2 aliphatic rings. The van der Waals surface area contributed by atoms with Gasteiger partial charge < -0.3 is 14.1 Å². The van der Waals surface area contributed by atoms with Crippen molar-refractivity contribution in [2.24, 2.45) is 0 Å². The van der Waals surface area contributed by atoms with E-state index in [-0.39, 0.29) is 41.2 Å². The Hall–Kier alpha value is -1.52. The van der Waals surface area contributed by atoms with Crippen LogP contribution in [-0.4, -0.2) is 79.9 Å². The predicted octanol–water partition coefficient (Wildman–Crippen LogP) is 0.213. The Bertz CT molecular complexity index is 832. The molecule has 0 saturated carbocycles. The van der Waals surface area contributed by atoms with Crippen molar-refractivity contribution in [1.82, 2.24) is 9.80 Å². The number of rotatable bonds is 6. The number of thioether (sulfide) groups is 1. The van der Waals surface area contributed by atoms with Crippen LogP contribution in [0.2, 0.25) is 0 Å². The second kappa shape index (κ2) is 8.66. The SMILES string of the molecule is CN(C(=O)COc1coc(CN2CCSCC2)cc1=O)C1CCS(=O)(=O)C1. The fourth-order valence-electron chi connectivity index (χ4n) is 3.13. The summed E-state index contributed by atoms with van der Waals surface area (Å²) in [7, 11) is -1.51. The third-order valence-electron chi connectivity index (χ3n) is 4.84. The van der Waals surface area contributed by atoms with E-state index in [9.17, 15) is 18.0 Å². The van der Waals surface area contributed by atoms with Crippen molar-refractivity contribution in [2.75, 3.05) is 49.8 Å². The van der Waals surface area contributed by atoms with Crippen molar-refractivity contribution in [3.8, 4) is 5.75 Å². The zero-order valence-corrected chi connectivity index (χ0v) is 16.9. The minimum atomic E-state index is -3.07. The molecule has 0 spiro atoms. The zero-order chi connectivity index (χ0) is 19.4. The Morgan fingerprint density at radius 1 is 1.41 bits per heavy atom. The lowest BCUT2D eigenvalue weighted by atomic mass is 10.2. The normalized spacial score (nSPS) is 22.5. The van der Waals surface area contributed by atoms with Gasteiger partial charge in [-0.05, 0) is 6.42 Å². The van der Waals surface area contributed by atoms with Crippen LogP contribution in [0.3, 0.4) is 0 Å². The summed E-state index contributed by atoms with van der Waals surface area (Å²) in [5.74, 6) is 2.39. The highest BCUT2D eigenvalue weighted by Crippen LogP contribution is 2.17. The van der Waals surface area contributed by atoms with Crippen LogP contribution < -0.4 is 10.2 Å². The minimum Gasteiger partial charge on any atom is -0.477 e. The van der Waals surface area contributed by atoms with Crippen LogP contribution in [0.1, 0.15) is 12.2 Å². The number of hydrogen-bond acceptors (Lipinski definition) is 8. The number of nitrogens with zero attached hydrogens (tertiary/aromatic N) is 2. The highest BCUT2D eigenvalue weighted by Gasteiger charge is 2.32. The Kier molecular flexibility index (Phi) is 6.48. The summed E-state index contributed by atoms with van der Waals surface area (Å²) in [6.45, 7) is 2.17. The number of sulfone groups is 1. The van der Waals surface area contributed by atoms with Crippen molar-refractivity contribution < 1.29 is 22.4 Å². The molecule has 0 aromatic carbocycles. The van der Waals surface area contributed by atoms with Gasteiger partial charge in [-0.25, -0.2) is 8.42 Å². The first-order valence-electron chi connectivity index (χ1n) is 8.85. The molecule has 2 saturated heterocycles. The van der Waals surface area contributed by atoms with Crippen LogP contribution in [0.25, 0.3) is 0 Å². The lowest BCUT2D eigenvalue weighted by Gasteiger charge is -2.25. The molecule has 1 amide bonds. The number of ether oxygens (including phenoxy) is 1. The van der Waals surface area contributed by atoms with E-state index in [0.29, 0.717) is 18.7 Å². The summed E-state index contributed by atoms with van der Waals surface area (Å²) in [5.41, 5.74) is -0.332. The predicted molar refractivity (Wildman–Crippen MR) is 103 cm³/mol. The molecule has 27 heavy (non-hydrogen) atoms. The summed E-state index contributed by atoms with van der Waals surface area (Å²) < 4.78 is 33.9. The molecule has 0 radical (unpaired) electrons. The van der Waals surface area contributed by atoms with Gasteiger partial charge in [0.25, 0.3) is 5.91 Å². The van der Waals surface area contributed by atoms with Crippen LogP contribution in [-0.2, 0) is 21.2 Å². The number of carbonyl (C=O) groups excluding carboxylic acids is 1. The maximum atomic E-state index is 12.2. The molecule has 3 heterocycles. The van der Waals surface area contributed by atoms with E-state index in [1.54, 1.807) is 7.05 Å². The Morgan fingerprint density at radius 2 is 2.15 bits per heavy atom. The highest BCUT2D eigenvalue weighted by molar-refractivity contribution is 7.99. The minimum absolute atomic E-state index is 0.0197. The number of likely N-dealkylation sites (N-methyl/N-ethyl adjacent to an activating group) is 1. The van der Waals surface area contributed by atoms with Crippen LogP contribution in [0.5, 0.6) is 5.75 Å². The van der Waals surface area contributed by atoms with Crippen LogP contribution in [0.4, 0.5) is 0 Å². The molecule has 1 aromatic heterocycles. The van der Waals surface area contributed by atoms with Gasteiger partial charge in [-0.3, -0.25) is 14.5 Å². The smallest absolute Gasteiger partial charge is 0.260 e. The third kappa shape index (κ3) is 5.49. The molecule has 0 aliphatic carbocycles. The standard InChI is InChI=1S/C17H24N2O6S2/c1-18(13-2-7-27(22,23)12-13)17(21)11-25-16-10-24-14(8-15(16)20)9-19-3-5-26-6-4-19/h8,10,13H,2-7,9,11-12H2,1H3.